The second kappa shape index (κ2) is 8.07. The van der Waals surface area contributed by atoms with Gasteiger partial charge in [-0.25, -0.2) is 27.9 Å². The molecule has 3 heterocycles. The molecule has 31 heavy (non-hydrogen) atoms. The van der Waals surface area contributed by atoms with E-state index in [9.17, 15) is 21.6 Å². The van der Waals surface area contributed by atoms with Crippen molar-refractivity contribution in [2.75, 3.05) is 13.4 Å². The van der Waals surface area contributed by atoms with E-state index in [1.165, 1.54) is 17.8 Å². The lowest BCUT2D eigenvalue weighted by atomic mass is 10.1. The average Bonchev–Trinajstić information content (AvgIpc) is 3.18. The van der Waals surface area contributed by atoms with Crippen LogP contribution in [0.4, 0.5) is 4.79 Å². The maximum atomic E-state index is 12.8. The van der Waals surface area contributed by atoms with Crippen molar-refractivity contribution in [1.29, 1.82) is 0 Å². The number of nitrogens with zero attached hydrogens (tertiary/aromatic N) is 4. The van der Waals surface area contributed by atoms with Crippen molar-refractivity contribution < 1.29 is 35.1 Å². The summed E-state index contributed by atoms with van der Waals surface area (Å²) in [5.74, 6) is -0.147. The minimum absolute atomic E-state index is 0.0499. The van der Waals surface area contributed by atoms with Crippen molar-refractivity contribution in [1.82, 2.24) is 24.4 Å². The van der Waals surface area contributed by atoms with E-state index in [0.717, 1.165) is 13.4 Å². The molecule has 0 saturated carbocycles. The third-order valence-corrected chi connectivity index (χ3v) is 6.46. The molecular weight excluding hydrogens is 478 g/mol. The van der Waals surface area contributed by atoms with Crippen molar-refractivity contribution in [3.63, 3.8) is 0 Å². The van der Waals surface area contributed by atoms with Gasteiger partial charge >= 0.3 is 6.09 Å². The van der Waals surface area contributed by atoms with Gasteiger partial charge in [-0.2, -0.15) is 8.42 Å². The topological polar surface area (TPSA) is 173 Å². The Balaban J connectivity index is 2.35. The van der Waals surface area contributed by atoms with Gasteiger partial charge in [-0.1, -0.05) is 16.8 Å². The summed E-state index contributed by atoms with van der Waals surface area (Å²) in [6.07, 6.45) is 0.810. The van der Waals surface area contributed by atoms with Gasteiger partial charge in [0.2, 0.25) is 0 Å². The summed E-state index contributed by atoms with van der Waals surface area (Å²) in [4.78, 5) is 19.1. The van der Waals surface area contributed by atoms with Crippen LogP contribution in [0.1, 0.15) is 11.5 Å². The largest absolute Gasteiger partial charge is 0.452 e. The zero-order valence-electron chi connectivity index (χ0n) is 16.5. The van der Waals surface area contributed by atoms with Crippen LogP contribution in [0.15, 0.2) is 15.7 Å². The fourth-order valence-corrected chi connectivity index (χ4v) is 4.66. The highest BCUT2D eigenvalue weighted by Crippen LogP contribution is 2.40. The first-order valence-electron chi connectivity index (χ1n) is 8.27. The highest BCUT2D eigenvalue weighted by molar-refractivity contribution is 7.90. The summed E-state index contributed by atoms with van der Waals surface area (Å²) in [7, 11) is -5.82. The number of carbonyl (C=O) groups is 1. The third kappa shape index (κ3) is 4.34. The third-order valence-electron chi connectivity index (χ3n) is 4.17. The number of aryl methyl sites for hydroxylation is 2. The lowest BCUT2D eigenvalue weighted by molar-refractivity contribution is 0.177. The smallest absolute Gasteiger partial charge is 0.420 e. The van der Waals surface area contributed by atoms with E-state index in [4.69, 9.17) is 20.3 Å². The molecule has 3 rings (SSSR count). The molecule has 0 fully saturated rings. The Morgan fingerprint density at radius 1 is 1.29 bits per heavy atom. The van der Waals surface area contributed by atoms with Crippen molar-refractivity contribution in [2.45, 2.75) is 18.4 Å². The number of hydrogen-bond acceptors (Lipinski definition) is 11. The Hall–Kier alpha value is -2.75. The molecule has 0 aliphatic rings. The normalized spacial score (nSPS) is 12.3. The molecule has 0 atom stereocenters. The lowest BCUT2D eigenvalue weighted by Crippen LogP contribution is -2.30. The molecule has 13 nitrogen and oxygen atoms in total. The van der Waals surface area contributed by atoms with Gasteiger partial charge in [-0.05, 0) is 6.92 Å². The summed E-state index contributed by atoms with van der Waals surface area (Å²) in [5.41, 5.74) is 0.245. The number of fused-ring (bicyclic) bond motifs is 1. The van der Waals surface area contributed by atoms with E-state index >= 15 is 0 Å². The molecule has 1 amide bonds. The number of hydrogen-bond donors (Lipinski definition) is 1. The van der Waals surface area contributed by atoms with Gasteiger partial charge in [-0.15, -0.1) is 0 Å². The number of ether oxygens (including phenoxy) is 1. The number of carbonyl (C=O) groups excluding carboxylic acids is 1. The first-order chi connectivity index (χ1) is 14.4. The predicted molar refractivity (Wildman–Crippen MR) is 106 cm³/mol. The van der Waals surface area contributed by atoms with E-state index in [1.54, 1.807) is 11.8 Å². The fourth-order valence-electron chi connectivity index (χ4n) is 2.89. The van der Waals surface area contributed by atoms with Crippen LogP contribution in [0.2, 0.25) is 5.15 Å². The maximum Gasteiger partial charge on any atom is 0.420 e. The molecule has 3 aromatic rings. The van der Waals surface area contributed by atoms with E-state index in [-0.39, 0.29) is 38.9 Å². The Bertz CT molecular complexity index is 1390. The van der Waals surface area contributed by atoms with Crippen LogP contribution in [0.25, 0.3) is 22.3 Å². The summed E-state index contributed by atoms with van der Waals surface area (Å²) in [6.45, 7) is 0.825. The van der Waals surface area contributed by atoms with Gasteiger partial charge in [0, 0.05) is 12.6 Å². The summed E-state index contributed by atoms with van der Waals surface area (Å²) in [6, 6.07) is 0. The molecule has 1 N–H and O–H groups in total. The van der Waals surface area contributed by atoms with Crippen LogP contribution in [-0.4, -0.2) is 56.0 Å². The van der Waals surface area contributed by atoms with Crippen molar-refractivity contribution >= 4 is 48.9 Å². The van der Waals surface area contributed by atoms with E-state index in [2.05, 4.69) is 19.9 Å². The lowest BCUT2D eigenvalue weighted by Gasteiger charge is -2.09. The van der Waals surface area contributed by atoms with Crippen molar-refractivity contribution in [2.24, 2.45) is 7.05 Å². The number of amides is 1. The Morgan fingerprint density at radius 2 is 1.97 bits per heavy atom. The van der Waals surface area contributed by atoms with E-state index in [0.29, 0.717) is 0 Å². The molecule has 0 aromatic carbocycles. The molecule has 0 bridgehead atoms. The van der Waals surface area contributed by atoms with Crippen LogP contribution in [0, 0.1) is 6.92 Å². The molecule has 0 spiro atoms. The van der Waals surface area contributed by atoms with Gasteiger partial charge in [0.15, 0.2) is 10.7 Å². The number of rotatable bonds is 6. The van der Waals surface area contributed by atoms with Crippen LogP contribution in [-0.2, 0) is 42.7 Å². The molecule has 0 aliphatic carbocycles. The van der Waals surface area contributed by atoms with Gasteiger partial charge in [0.1, 0.15) is 29.4 Å². The summed E-state index contributed by atoms with van der Waals surface area (Å²) < 4.78 is 66.3. The highest BCUT2D eigenvalue weighted by Gasteiger charge is 2.34. The van der Waals surface area contributed by atoms with Crippen LogP contribution in [0.5, 0.6) is 0 Å². The second-order valence-corrected chi connectivity index (χ2v) is 9.84. The first-order valence-corrected chi connectivity index (χ1v) is 11.9. The zero-order valence-corrected chi connectivity index (χ0v) is 18.9. The Morgan fingerprint density at radius 3 is 2.58 bits per heavy atom. The van der Waals surface area contributed by atoms with Gasteiger partial charge in [0.05, 0.1) is 24.4 Å². The standard InChI is InChI=1S/C15H16ClN5O8S2/c1-7-12(31(25,26)20-15(22)27-3)11(19-29-7)9-8(5-28-30(4,23)24)21(2)14-10(9)13(16)17-6-18-14/h6H,5H2,1-4H3,(H,20,22). The molecular formula is C15H16ClN5O8S2. The minimum Gasteiger partial charge on any atom is -0.452 e. The molecule has 0 aliphatic heterocycles. The number of aromatic nitrogens is 4. The predicted octanol–water partition coefficient (Wildman–Crippen LogP) is 1.11. The molecule has 0 radical (unpaired) electrons. The molecule has 3 aromatic heterocycles. The first kappa shape index (κ1) is 22.9. The van der Waals surface area contributed by atoms with E-state index in [1.807, 2.05) is 0 Å². The Labute approximate surface area is 181 Å². The van der Waals surface area contributed by atoms with Crippen LogP contribution < -0.4 is 4.72 Å². The molecule has 16 heteroatoms. The molecule has 0 saturated heterocycles. The molecule has 168 valence electrons. The number of methoxy groups -OCH3 is 1. The van der Waals surface area contributed by atoms with Crippen molar-refractivity contribution in [3.05, 3.63) is 22.9 Å². The van der Waals surface area contributed by atoms with E-state index < -0.39 is 37.7 Å². The quantitative estimate of drug-likeness (QED) is 0.384. The second-order valence-electron chi connectivity index (χ2n) is 6.22. The zero-order chi connectivity index (χ0) is 23.1. The van der Waals surface area contributed by atoms with Crippen molar-refractivity contribution in [3.8, 4) is 11.3 Å². The minimum atomic E-state index is -4.50. The fraction of sp³-hybridized carbons (Fsp3) is 0.333. The van der Waals surface area contributed by atoms with Gasteiger partial charge in [0.25, 0.3) is 20.1 Å². The summed E-state index contributed by atoms with van der Waals surface area (Å²) >= 11 is 6.25. The Kier molecular flexibility index (Phi) is 5.96. The SMILES string of the molecule is COC(=O)NS(=O)(=O)c1c(-c2c(COS(C)(=O)=O)n(C)c3ncnc(Cl)c23)noc1C. The van der Waals surface area contributed by atoms with Gasteiger partial charge < -0.3 is 13.8 Å². The highest BCUT2D eigenvalue weighted by atomic mass is 35.5. The maximum absolute atomic E-state index is 12.8. The number of nitrogens with one attached hydrogen (secondary N) is 1. The summed E-state index contributed by atoms with van der Waals surface area (Å²) in [5, 5.41) is 3.95. The van der Waals surface area contributed by atoms with Gasteiger partial charge in [-0.3, -0.25) is 4.18 Å². The van der Waals surface area contributed by atoms with Crippen LogP contribution >= 0.6 is 11.6 Å². The monoisotopic (exact) mass is 493 g/mol. The molecule has 0 unspecified atom stereocenters. The average molecular weight is 494 g/mol. The number of sulfonamides is 1. The number of halogens is 1. The van der Waals surface area contributed by atoms with Crippen LogP contribution in [0.3, 0.4) is 0 Å².